The number of rotatable bonds is 9. The molecule has 0 bridgehead atoms. The summed E-state index contributed by atoms with van der Waals surface area (Å²) in [7, 11) is 2.03. The van der Waals surface area contributed by atoms with Gasteiger partial charge in [-0.15, -0.1) is 0 Å². The number of oxime groups is 1. The van der Waals surface area contributed by atoms with Gasteiger partial charge in [-0.25, -0.2) is 15.0 Å². The largest absolute Gasteiger partial charge is 0.409 e. The second-order valence-electron chi connectivity index (χ2n) is 8.19. The molecule has 1 aromatic heterocycles. The van der Waals surface area contributed by atoms with E-state index in [4.69, 9.17) is 10.9 Å². The Hall–Kier alpha value is -2.42. The van der Waals surface area contributed by atoms with Gasteiger partial charge < -0.3 is 21.2 Å². The van der Waals surface area contributed by atoms with Gasteiger partial charge in [-0.2, -0.15) is 0 Å². The van der Waals surface area contributed by atoms with Crippen LogP contribution in [0, 0.1) is 5.92 Å². The highest BCUT2D eigenvalue weighted by molar-refractivity contribution is 5.95. The number of amidine groups is 1. The Labute approximate surface area is 173 Å². The minimum absolute atomic E-state index is 0.142. The summed E-state index contributed by atoms with van der Waals surface area (Å²) in [6, 6.07) is 0.860. The molecule has 2 heterocycles. The minimum Gasteiger partial charge on any atom is -0.409 e. The highest BCUT2D eigenvalue weighted by atomic mass is 16.4. The third kappa shape index (κ3) is 4.60. The molecule has 4 N–H and O–H groups in total. The molecule has 1 aliphatic carbocycles. The number of nitrogens with two attached hydrogens (primary N) is 1. The molecule has 160 valence electrons. The molecule has 29 heavy (non-hydrogen) atoms. The normalized spacial score (nSPS) is 21.6. The Morgan fingerprint density at radius 2 is 2.14 bits per heavy atom. The summed E-state index contributed by atoms with van der Waals surface area (Å²) in [6.45, 7) is 9.96. The van der Waals surface area contributed by atoms with Crippen LogP contribution in [0.1, 0.15) is 58.2 Å². The third-order valence-electron chi connectivity index (χ3n) is 6.32. The van der Waals surface area contributed by atoms with Crippen LogP contribution in [0.15, 0.2) is 10.1 Å². The predicted molar refractivity (Wildman–Crippen MR) is 117 cm³/mol. The number of nitrogens with zero attached hydrogens (tertiary/aromatic N) is 6. The topological polar surface area (TPSA) is 115 Å². The fourth-order valence-electron chi connectivity index (χ4n) is 4.32. The van der Waals surface area contributed by atoms with Gasteiger partial charge in [0.05, 0.1) is 6.67 Å². The van der Waals surface area contributed by atoms with Gasteiger partial charge in [-0.1, -0.05) is 18.5 Å². The van der Waals surface area contributed by atoms with Crippen LogP contribution in [0.5, 0.6) is 0 Å². The van der Waals surface area contributed by atoms with Gasteiger partial charge in [0.15, 0.2) is 11.6 Å². The smallest absolute Gasteiger partial charge is 0.208 e. The summed E-state index contributed by atoms with van der Waals surface area (Å²) < 4.78 is 0. The van der Waals surface area contributed by atoms with E-state index >= 15 is 0 Å². The van der Waals surface area contributed by atoms with E-state index < -0.39 is 0 Å². The minimum atomic E-state index is -0.144. The fourth-order valence-corrected chi connectivity index (χ4v) is 4.32. The molecule has 2 aliphatic rings. The zero-order valence-electron chi connectivity index (χ0n) is 17.8. The lowest BCUT2D eigenvalue weighted by atomic mass is 9.80. The molecule has 1 saturated heterocycles. The number of aliphatic imine (C=N–C) groups is 1. The first-order valence-electron chi connectivity index (χ1n) is 10.6. The first kappa shape index (κ1) is 21.3. The quantitative estimate of drug-likeness (QED) is 0.252. The molecule has 0 amide bonds. The van der Waals surface area contributed by atoms with Crippen LogP contribution in [0.2, 0.25) is 0 Å². The zero-order chi connectivity index (χ0) is 21.0. The van der Waals surface area contributed by atoms with Gasteiger partial charge in [0.25, 0.3) is 0 Å². The molecular formula is C20H34N8O. The maximum absolute atomic E-state index is 9.08. The molecule has 1 unspecified atom stereocenters. The van der Waals surface area contributed by atoms with Crippen molar-refractivity contribution >= 4 is 29.9 Å². The van der Waals surface area contributed by atoms with Crippen molar-refractivity contribution in [1.82, 2.24) is 14.9 Å². The lowest BCUT2D eigenvalue weighted by molar-refractivity contribution is 0.251. The predicted octanol–water partition coefficient (Wildman–Crippen LogP) is 2.77. The number of anilines is 2. The van der Waals surface area contributed by atoms with Gasteiger partial charge in [0, 0.05) is 25.7 Å². The second-order valence-corrected chi connectivity index (χ2v) is 8.19. The van der Waals surface area contributed by atoms with E-state index in [-0.39, 0.29) is 17.7 Å². The van der Waals surface area contributed by atoms with E-state index in [1.807, 2.05) is 7.05 Å². The van der Waals surface area contributed by atoms with Crippen LogP contribution in [0.25, 0.3) is 0 Å². The second kappa shape index (κ2) is 9.39. The number of nitrogens with one attached hydrogen (secondary N) is 1. The molecule has 9 nitrogen and oxygen atoms in total. The maximum Gasteiger partial charge on any atom is 0.208 e. The SMILES string of the molecule is C=Nc1nc(/C(N)=N/O)nc(N[C@H](C)C2CCC2)c1N(C)CN1CCCC1CC. The molecule has 1 aliphatic heterocycles. The monoisotopic (exact) mass is 402 g/mol. The standard InChI is InChI=1S/C20H34N8O/c1-5-15-10-7-11-28(15)12-27(4)16-18(22-3)24-20(17(21)26-29)25-19(16)23-13(2)14-8-6-9-14/h13-15,29H,3,5-12H2,1-2,4H3,(H2,21,26)(H,23,24,25)/t13-,15?/m1/s1. The first-order chi connectivity index (χ1) is 14.0. The summed E-state index contributed by atoms with van der Waals surface area (Å²) in [5, 5.41) is 15.7. The molecule has 9 heteroatoms. The van der Waals surface area contributed by atoms with Crippen molar-refractivity contribution in [2.24, 2.45) is 21.8 Å². The highest BCUT2D eigenvalue weighted by Crippen LogP contribution is 2.37. The highest BCUT2D eigenvalue weighted by Gasteiger charge is 2.29. The fraction of sp³-hybridized carbons (Fsp3) is 0.700. The Balaban J connectivity index is 1.94. The van der Waals surface area contributed by atoms with Crippen molar-refractivity contribution < 1.29 is 5.21 Å². The van der Waals surface area contributed by atoms with Crippen molar-refractivity contribution in [2.45, 2.75) is 64.5 Å². The molecule has 3 rings (SSSR count). The van der Waals surface area contributed by atoms with Crippen molar-refractivity contribution in [2.75, 3.05) is 30.5 Å². The van der Waals surface area contributed by atoms with Crippen LogP contribution < -0.4 is 16.0 Å². The Bertz CT molecular complexity index is 748. The zero-order valence-corrected chi connectivity index (χ0v) is 17.8. The van der Waals surface area contributed by atoms with E-state index in [0.29, 0.717) is 23.6 Å². The molecule has 2 atom stereocenters. The number of aromatic nitrogens is 2. The van der Waals surface area contributed by atoms with E-state index in [0.717, 1.165) is 25.3 Å². The lowest BCUT2D eigenvalue weighted by Crippen LogP contribution is -2.39. The lowest BCUT2D eigenvalue weighted by Gasteiger charge is -2.35. The van der Waals surface area contributed by atoms with Crippen LogP contribution in [0.4, 0.5) is 17.3 Å². The molecule has 2 fully saturated rings. The summed E-state index contributed by atoms with van der Waals surface area (Å²) in [4.78, 5) is 17.7. The molecule has 1 saturated carbocycles. The molecule has 0 spiro atoms. The van der Waals surface area contributed by atoms with Crippen molar-refractivity contribution in [1.29, 1.82) is 0 Å². The van der Waals surface area contributed by atoms with Crippen molar-refractivity contribution in [3.8, 4) is 0 Å². The van der Waals surface area contributed by atoms with Gasteiger partial charge in [-0.05, 0) is 51.7 Å². The van der Waals surface area contributed by atoms with Crippen molar-refractivity contribution in [3.05, 3.63) is 5.82 Å². The van der Waals surface area contributed by atoms with E-state index in [2.05, 4.69) is 55.8 Å². The van der Waals surface area contributed by atoms with Gasteiger partial charge in [-0.3, -0.25) is 4.90 Å². The number of hydrogen-bond donors (Lipinski definition) is 3. The van der Waals surface area contributed by atoms with Crippen LogP contribution in [-0.2, 0) is 0 Å². The molecule has 0 aromatic carbocycles. The van der Waals surface area contributed by atoms with E-state index in [1.165, 1.54) is 32.1 Å². The Morgan fingerprint density at radius 1 is 1.38 bits per heavy atom. The Kier molecular flexibility index (Phi) is 6.89. The van der Waals surface area contributed by atoms with Crippen molar-refractivity contribution in [3.63, 3.8) is 0 Å². The van der Waals surface area contributed by atoms with Crippen LogP contribution in [0.3, 0.4) is 0 Å². The molecular weight excluding hydrogens is 368 g/mol. The molecule has 0 radical (unpaired) electrons. The van der Waals surface area contributed by atoms with Gasteiger partial charge in [0.1, 0.15) is 5.69 Å². The molecule has 1 aromatic rings. The average Bonchev–Trinajstić information content (AvgIpc) is 3.12. The third-order valence-corrected chi connectivity index (χ3v) is 6.32. The number of hydrogen-bond acceptors (Lipinski definition) is 8. The van der Waals surface area contributed by atoms with Crippen LogP contribution in [-0.4, -0.2) is 65.0 Å². The first-order valence-corrected chi connectivity index (χ1v) is 10.6. The number of likely N-dealkylation sites (tertiary alicyclic amines) is 1. The van der Waals surface area contributed by atoms with E-state index in [1.54, 1.807) is 0 Å². The van der Waals surface area contributed by atoms with E-state index in [9.17, 15) is 0 Å². The summed E-state index contributed by atoms with van der Waals surface area (Å²) in [5.74, 6) is 1.70. The summed E-state index contributed by atoms with van der Waals surface area (Å²) in [5.41, 5.74) is 6.57. The van der Waals surface area contributed by atoms with Gasteiger partial charge >= 0.3 is 0 Å². The Morgan fingerprint density at radius 3 is 2.72 bits per heavy atom. The van der Waals surface area contributed by atoms with Crippen LogP contribution >= 0.6 is 0 Å². The average molecular weight is 403 g/mol. The summed E-state index contributed by atoms with van der Waals surface area (Å²) in [6.07, 6.45) is 7.31. The summed E-state index contributed by atoms with van der Waals surface area (Å²) >= 11 is 0. The van der Waals surface area contributed by atoms with Gasteiger partial charge in [0.2, 0.25) is 11.7 Å². The maximum atomic E-state index is 9.08.